The van der Waals surface area contributed by atoms with Gasteiger partial charge < -0.3 is 5.32 Å². The summed E-state index contributed by atoms with van der Waals surface area (Å²) < 4.78 is 65.9. The minimum absolute atomic E-state index is 0.148. The molecule has 0 saturated carbocycles. The monoisotopic (exact) mass is 342 g/mol. The number of nitrogens with one attached hydrogen (secondary N) is 2. The average molecular weight is 342 g/mol. The van der Waals surface area contributed by atoms with Crippen molar-refractivity contribution in [3.05, 3.63) is 47.7 Å². The van der Waals surface area contributed by atoms with Gasteiger partial charge >= 0.3 is 6.18 Å². The number of pyridine rings is 1. The van der Waals surface area contributed by atoms with Gasteiger partial charge in [0.25, 0.3) is 5.92 Å². The predicted molar refractivity (Wildman–Crippen MR) is 78.2 cm³/mol. The maximum absolute atomic E-state index is 13.5. The van der Waals surface area contributed by atoms with Gasteiger partial charge in [-0.3, -0.25) is 10.1 Å². The molecule has 0 unspecified atom stereocenters. The van der Waals surface area contributed by atoms with Gasteiger partial charge in [-0.1, -0.05) is 0 Å². The van der Waals surface area contributed by atoms with E-state index in [1.54, 1.807) is 12.1 Å². The van der Waals surface area contributed by atoms with Gasteiger partial charge in [-0.15, -0.1) is 0 Å². The van der Waals surface area contributed by atoms with E-state index in [0.717, 1.165) is 12.1 Å². The fourth-order valence-corrected chi connectivity index (χ4v) is 2.19. The van der Waals surface area contributed by atoms with Crippen LogP contribution in [0.4, 0.5) is 33.5 Å². The van der Waals surface area contributed by atoms with Crippen molar-refractivity contribution < 1.29 is 22.0 Å². The molecule has 0 aliphatic carbocycles. The summed E-state index contributed by atoms with van der Waals surface area (Å²) in [5.41, 5.74) is -1.11. The summed E-state index contributed by atoms with van der Waals surface area (Å²) in [4.78, 5) is 4.05. The number of rotatable bonds is 3. The van der Waals surface area contributed by atoms with Crippen LogP contribution in [0.3, 0.4) is 0 Å². The molecule has 2 N–H and O–H groups in total. The van der Waals surface area contributed by atoms with E-state index in [2.05, 4.69) is 20.5 Å². The summed E-state index contributed by atoms with van der Waals surface area (Å²) in [5.74, 6) is -3.26. The molecule has 0 atom stereocenters. The Kier molecular flexibility index (Phi) is 3.66. The third-order valence-electron chi connectivity index (χ3n) is 3.35. The molecule has 0 amide bonds. The summed E-state index contributed by atoms with van der Waals surface area (Å²) in [6.45, 7) is 0.539. The number of aromatic amines is 1. The average Bonchev–Trinajstić information content (AvgIpc) is 2.89. The second-order valence-electron chi connectivity index (χ2n) is 5.28. The van der Waals surface area contributed by atoms with Crippen LogP contribution in [0.25, 0.3) is 11.0 Å². The Morgan fingerprint density at radius 3 is 2.42 bits per heavy atom. The number of benzene rings is 1. The molecule has 0 aliphatic heterocycles. The molecule has 0 radical (unpaired) electrons. The van der Waals surface area contributed by atoms with E-state index in [4.69, 9.17) is 0 Å². The Hall–Kier alpha value is -2.71. The van der Waals surface area contributed by atoms with Crippen molar-refractivity contribution in [2.45, 2.75) is 19.0 Å². The normalized spacial score (nSPS) is 12.6. The lowest BCUT2D eigenvalue weighted by Crippen LogP contribution is -2.12. The zero-order valence-electron chi connectivity index (χ0n) is 12.2. The number of nitrogens with zero attached hydrogens (tertiary/aromatic N) is 2. The van der Waals surface area contributed by atoms with Crippen molar-refractivity contribution in [1.82, 2.24) is 15.2 Å². The summed E-state index contributed by atoms with van der Waals surface area (Å²) in [6, 6.07) is 5.48. The summed E-state index contributed by atoms with van der Waals surface area (Å²) in [7, 11) is 0. The third kappa shape index (κ3) is 3.15. The Balaban J connectivity index is 2.07. The number of aromatic nitrogens is 3. The zero-order chi connectivity index (χ0) is 17.5. The van der Waals surface area contributed by atoms with Crippen LogP contribution in [0.5, 0.6) is 0 Å². The summed E-state index contributed by atoms with van der Waals surface area (Å²) in [5, 5.41) is 9.17. The molecular weight excluding hydrogens is 331 g/mol. The van der Waals surface area contributed by atoms with Crippen molar-refractivity contribution in [2.24, 2.45) is 0 Å². The van der Waals surface area contributed by atoms with E-state index in [1.165, 1.54) is 6.20 Å². The molecule has 3 aromatic rings. The largest absolute Gasteiger partial charge is 0.416 e. The maximum atomic E-state index is 13.5. The highest BCUT2D eigenvalue weighted by atomic mass is 19.4. The molecule has 2 aromatic heterocycles. The molecule has 24 heavy (non-hydrogen) atoms. The van der Waals surface area contributed by atoms with Crippen LogP contribution in [0.1, 0.15) is 18.1 Å². The lowest BCUT2D eigenvalue weighted by Gasteiger charge is -2.16. The maximum Gasteiger partial charge on any atom is 0.416 e. The molecule has 4 nitrogen and oxygen atoms in total. The predicted octanol–water partition coefficient (Wildman–Crippen LogP) is 4.83. The van der Waals surface area contributed by atoms with E-state index in [1.807, 2.05) is 0 Å². The van der Waals surface area contributed by atoms with E-state index < -0.39 is 23.2 Å². The fourth-order valence-electron chi connectivity index (χ4n) is 2.19. The van der Waals surface area contributed by atoms with Gasteiger partial charge in [-0.25, -0.2) is 8.78 Å². The third-order valence-corrected chi connectivity index (χ3v) is 3.35. The topological polar surface area (TPSA) is 53.6 Å². The zero-order valence-corrected chi connectivity index (χ0v) is 12.2. The van der Waals surface area contributed by atoms with Crippen LogP contribution in [-0.2, 0) is 12.1 Å². The summed E-state index contributed by atoms with van der Waals surface area (Å²) in [6.07, 6.45) is -3.26. The molecule has 0 spiro atoms. The van der Waals surface area contributed by atoms with Gasteiger partial charge in [0, 0.05) is 24.4 Å². The van der Waals surface area contributed by atoms with Crippen LogP contribution < -0.4 is 5.32 Å². The molecular formula is C15H11F5N4. The Morgan fingerprint density at radius 2 is 1.75 bits per heavy atom. The van der Waals surface area contributed by atoms with E-state index in [-0.39, 0.29) is 11.5 Å². The molecule has 9 heteroatoms. The van der Waals surface area contributed by atoms with Gasteiger partial charge in [-0.2, -0.15) is 18.3 Å². The first kappa shape index (κ1) is 16.2. The molecule has 0 fully saturated rings. The second-order valence-corrected chi connectivity index (χ2v) is 5.28. The molecule has 0 aliphatic rings. The number of hydrogen-bond acceptors (Lipinski definition) is 3. The Morgan fingerprint density at radius 1 is 1.04 bits per heavy atom. The Labute approximate surface area is 132 Å². The quantitative estimate of drug-likeness (QED) is 0.670. The van der Waals surface area contributed by atoms with E-state index in [9.17, 15) is 22.0 Å². The van der Waals surface area contributed by atoms with Crippen molar-refractivity contribution >= 4 is 22.5 Å². The Bertz CT molecular complexity index is 847. The lowest BCUT2D eigenvalue weighted by atomic mass is 10.0. The second kappa shape index (κ2) is 5.43. The standard InChI is InChI=1S/C15H11F5N4/c1-14(16,17)8-5-9(15(18,19)20)7-10(6-8)22-13-12-11(23-24-13)3-2-4-21-12/h2-7H,1H3,(H2,22,23,24). The van der Waals surface area contributed by atoms with Crippen molar-refractivity contribution in [3.63, 3.8) is 0 Å². The highest BCUT2D eigenvalue weighted by Gasteiger charge is 2.34. The summed E-state index contributed by atoms with van der Waals surface area (Å²) >= 11 is 0. The van der Waals surface area contributed by atoms with Crippen LogP contribution in [0.15, 0.2) is 36.5 Å². The van der Waals surface area contributed by atoms with Crippen molar-refractivity contribution in [2.75, 3.05) is 5.32 Å². The number of fused-ring (bicyclic) bond motifs is 1. The minimum atomic E-state index is -4.75. The molecule has 3 rings (SSSR count). The molecule has 0 bridgehead atoms. The fraction of sp³-hybridized carbons (Fsp3) is 0.200. The van der Waals surface area contributed by atoms with Gasteiger partial charge in [0.1, 0.15) is 5.52 Å². The SMILES string of the molecule is CC(F)(F)c1cc(Nc2n[nH]c3cccnc23)cc(C(F)(F)F)c1. The van der Waals surface area contributed by atoms with Crippen LogP contribution in [0, 0.1) is 0 Å². The van der Waals surface area contributed by atoms with Crippen molar-refractivity contribution in [1.29, 1.82) is 0 Å². The number of H-pyrrole nitrogens is 1. The van der Waals surface area contributed by atoms with Crippen LogP contribution in [0.2, 0.25) is 0 Å². The lowest BCUT2D eigenvalue weighted by molar-refractivity contribution is -0.137. The van der Waals surface area contributed by atoms with Crippen LogP contribution >= 0.6 is 0 Å². The molecule has 0 saturated heterocycles. The number of hydrogen-bond donors (Lipinski definition) is 2. The molecule has 126 valence electrons. The number of alkyl halides is 5. The van der Waals surface area contributed by atoms with Gasteiger partial charge in [0.05, 0.1) is 11.1 Å². The van der Waals surface area contributed by atoms with E-state index >= 15 is 0 Å². The van der Waals surface area contributed by atoms with Gasteiger partial charge in [-0.05, 0) is 30.3 Å². The first-order valence-corrected chi connectivity index (χ1v) is 6.81. The van der Waals surface area contributed by atoms with Crippen molar-refractivity contribution in [3.8, 4) is 0 Å². The first-order valence-electron chi connectivity index (χ1n) is 6.81. The van der Waals surface area contributed by atoms with Gasteiger partial charge in [0.2, 0.25) is 0 Å². The van der Waals surface area contributed by atoms with E-state index in [0.29, 0.717) is 24.0 Å². The number of anilines is 2. The molecule has 2 heterocycles. The highest BCUT2D eigenvalue weighted by Crippen LogP contribution is 2.37. The first-order chi connectivity index (χ1) is 11.1. The molecule has 1 aromatic carbocycles. The number of halogens is 5. The highest BCUT2D eigenvalue weighted by molar-refractivity contribution is 5.87. The smallest absolute Gasteiger partial charge is 0.337 e. The van der Waals surface area contributed by atoms with Crippen LogP contribution in [-0.4, -0.2) is 15.2 Å². The minimum Gasteiger partial charge on any atom is -0.337 e. The van der Waals surface area contributed by atoms with Gasteiger partial charge in [0.15, 0.2) is 5.82 Å².